The summed E-state index contributed by atoms with van der Waals surface area (Å²) in [6, 6.07) is 10.0. The molecule has 1 amide bonds. The van der Waals surface area contributed by atoms with Crippen molar-refractivity contribution in [3.8, 4) is 0 Å². The van der Waals surface area contributed by atoms with Gasteiger partial charge in [0.25, 0.3) is 0 Å². The van der Waals surface area contributed by atoms with Crippen LogP contribution in [0.4, 0.5) is 4.79 Å². The maximum atomic E-state index is 11.9. The van der Waals surface area contributed by atoms with Gasteiger partial charge in [0.1, 0.15) is 6.10 Å². The number of nitrogens with zero attached hydrogens (tertiary/aromatic N) is 1. The second kappa shape index (κ2) is 5.25. The highest BCUT2D eigenvalue weighted by Crippen LogP contribution is 2.27. The summed E-state index contributed by atoms with van der Waals surface area (Å²) >= 11 is 0. The van der Waals surface area contributed by atoms with Gasteiger partial charge >= 0.3 is 6.09 Å². The zero-order valence-corrected chi connectivity index (χ0v) is 10.9. The van der Waals surface area contributed by atoms with Gasteiger partial charge in [-0.1, -0.05) is 50.8 Å². The van der Waals surface area contributed by atoms with Gasteiger partial charge in [-0.2, -0.15) is 0 Å². The minimum atomic E-state index is -0.248. The third-order valence-corrected chi connectivity index (χ3v) is 3.28. The molecule has 96 valence electrons. The monoisotopic (exact) mass is 245 g/mol. The van der Waals surface area contributed by atoms with Crippen LogP contribution in [0.25, 0.3) is 0 Å². The first-order chi connectivity index (χ1) is 8.63. The lowest BCUT2D eigenvalue weighted by atomic mass is 9.97. The Kier molecular flexibility index (Phi) is 3.70. The summed E-state index contributed by atoms with van der Waals surface area (Å²) in [5.74, 6) is 0.336. The fraction of sp³-hybridized carbons (Fsp3) is 0.400. The van der Waals surface area contributed by atoms with Crippen LogP contribution in [0.15, 0.2) is 43.0 Å². The highest BCUT2D eigenvalue weighted by molar-refractivity contribution is 5.71. The molecular formula is C15H19NO2. The topological polar surface area (TPSA) is 29.5 Å². The van der Waals surface area contributed by atoms with E-state index in [4.69, 9.17) is 4.74 Å². The first-order valence-electron chi connectivity index (χ1n) is 6.27. The average molecular weight is 245 g/mol. The molecule has 1 aromatic rings. The van der Waals surface area contributed by atoms with Crippen molar-refractivity contribution in [3.05, 3.63) is 48.6 Å². The summed E-state index contributed by atoms with van der Waals surface area (Å²) in [6.07, 6.45) is 1.26. The van der Waals surface area contributed by atoms with E-state index in [-0.39, 0.29) is 18.2 Å². The number of rotatable bonds is 4. The van der Waals surface area contributed by atoms with E-state index in [1.165, 1.54) is 0 Å². The van der Waals surface area contributed by atoms with Gasteiger partial charge in [0.2, 0.25) is 0 Å². The molecule has 1 heterocycles. The summed E-state index contributed by atoms with van der Waals surface area (Å²) in [6.45, 7) is 8.53. The van der Waals surface area contributed by atoms with Crippen LogP contribution >= 0.6 is 0 Å². The predicted octanol–water partition coefficient (Wildman–Crippen LogP) is 3.22. The Morgan fingerprint density at radius 2 is 2.06 bits per heavy atom. The zero-order chi connectivity index (χ0) is 13.1. The van der Waals surface area contributed by atoms with E-state index in [1.54, 1.807) is 11.0 Å². The number of benzene rings is 1. The average Bonchev–Trinajstić information content (AvgIpc) is 2.67. The van der Waals surface area contributed by atoms with E-state index in [1.807, 2.05) is 30.3 Å². The molecule has 1 aliphatic heterocycles. The highest BCUT2D eigenvalue weighted by atomic mass is 16.6. The van der Waals surface area contributed by atoms with E-state index < -0.39 is 0 Å². The molecule has 18 heavy (non-hydrogen) atoms. The summed E-state index contributed by atoms with van der Waals surface area (Å²) < 4.78 is 5.34. The Labute approximate surface area is 108 Å². The molecule has 0 N–H and O–H groups in total. The van der Waals surface area contributed by atoms with Gasteiger partial charge in [0.05, 0.1) is 6.04 Å². The van der Waals surface area contributed by atoms with Crippen LogP contribution in [0.5, 0.6) is 0 Å². The standard InChI is InChI=1S/C15H19NO2/c1-4-13-14(11(2)3)16(15(17)18-13)10-12-8-6-5-7-9-12/h4-9,11,13-14H,1,10H2,2-3H3/t13-,14-/m1/s1. The van der Waals surface area contributed by atoms with Gasteiger partial charge in [-0.25, -0.2) is 4.79 Å². The summed E-state index contributed by atoms with van der Waals surface area (Å²) in [4.78, 5) is 13.7. The molecule has 1 fully saturated rings. The van der Waals surface area contributed by atoms with E-state index in [0.29, 0.717) is 12.5 Å². The lowest BCUT2D eigenvalue weighted by Gasteiger charge is -2.26. The zero-order valence-electron chi connectivity index (χ0n) is 10.9. The maximum Gasteiger partial charge on any atom is 0.411 e. The molecule has 3 nitrogen and oxygen atoms in total. The smallest absolute Gasteiger partial charge is 0.411 e. The Balaban J connectivity index is 2.19. The SMILES string of the molecule is C=C[C@H]1OC(=O)N(Cc2ccccc2)[C@@H]1C(C)C. The molecular weight excluding hydrogens is 226 g/mol. The number of amides is 1. The van der Waals surface area contributed by atoms with E-state index in [2.05, 4.69) is 20.4 Å². The third-order valence-electron chi connectivity index (χ3n) is 3.28. The number of ether oxygens (including phenoxy) is 1. The van der Waals surface area contributed by atoms with Crippen molar-refractivity contribution in [1.29, 1.82) is 0 Å². The number of carbonyl (C=O) groups is 1. The van der Waals surface area contributed by atoms with Gasteiger partial charge in [0, 0.05) is 6.54 Å². The largest absolute Gasteiger partial charge is 0.440 e. The molecule has 2 atom stereocenters. The van der Waals surface area contributed by atoms with Crippen LogP contribution in [0, 0.1) is 5.92 Å². The van der Waals surface area contributed by atoms with Gasteiger partial charge in [-0.3, -0.25) is 4.90 Å². The molecule has 1 aromatic carbocycles. The van der Waals surface area contributed by atoms with E-state index in [0.717, 1.165) is 5.56 Å². The molecule has 0 aromatic heterocycles. The molecule has 0 unspecified atom stereocenters. The number of cyclic esters (lactones) is 1. The van der Waals surface area contributed by atoms with E-state index in [9.17, 15) is 4.79 Å². The summed E-state index contributed by atoms with van der Waals surface area (Å²) in [5, 5.41) is 0. The van der Waals surface area contributed by atoms with Gasteiger partial charge in [0.15, 0.2) is 0 Å². The summed E-state index contributed by atoms with van der Waals surface area (Å²) in [5.41, 5.74) is 1.12. The number of carbonyl (C=O) groups excluding carboxylic acids is 1. The molecule has 0 bridgehead atoms. The predicted molar refractivity (Wildman–Crippen MR) is 71.1 cm³/mol. The first-order valence-corrected chi connectivity index (χ1v) is 6.27. The van der Waals surface area contributed by atoms with Gasteiger partial charge < -0.3 is 4.74 Å². The molecule has 2 rings (SSSR count). The maximum absolute atomic E-state index is 11.9. The normalized spacial score (nSPS) is 23.3. The second-order valence-electron chi connectivity index (χ2n) is 4.93. The third kappa shape index (κ3) is 2.40. The quantitative estimate of drug-likeness (QED) is 0.762. The molecule has 0 saturated carbocycles. The van der Waals surface area contributed by atoms with Crippen molar-refractivity contribution >= 4 is 6.09 Å². The second-order valence-corrected chi connectivity index (χ2v) is 4.93. The van der Waals surface area contributed by atoms with Crippen LogP contribution in [0.2, 0.25) is 0 Å². The van der Waals surface area contributed by atoms with Gasteiger partial charge in [-0.05, 0) is 17.6 Å². The van der Waals surface area contributed by atoms with Crippen molar-refractivity contribution in [3.63, 3.8) is 0 Å². The lowest BCUT2D eigenvalue weighted by molar-refractivity contribution is 0.144. The van der Waals surface area contributed by atoms with Crippen LogP contribution in [0.1, 0.15) is 19.4 Å². The van der Waals surface area contributed by atoms with Crippen molar-refractivity contribution in [2.45, 2.75) is 32.5 Å². The molecule has 0 spiro atoms. The first kappa shape index (κ1) is 12.7. The van der Waals surface area contributed by atoms with Crippen LogP contribution in [-0.4, -0.2) is 23.1 Å². The van der Waals surface area contributed by atoms with Crippen LogP contribution in [-0.2, 0) is 11.3 Å². The number of hydrogen-bond acceptors (Lipinski definition) is 2. The lowest BCUT2D eigenvalue weighted by Crippen LogP contribution is -2.39. The Morgan fingerprint density at radius 3 is 2.61 bits per heavy atom. The fourth-order valence-corrected chi connectivity index (χ4v) is 2.43. The minimum Gasteiger partial charge on any atom is -0.440 e. The van der Waals surface area contributed by atoms with Crippen molar-refractivity contribution in [2.24, 2.45) is 5.92 Å². The Bertz CT molecular complexity index is 427. The Hall–Kier alpha value is -1.77. The van der Waals surface area contributed by atoms with Crippen LogP contribution < -0.4 is 0 Å². The molecule has 3 heteroatoms. The van der Waals surface area contributed by atoms with Crippen LogP contribution in [0.3, 0.4) is 0 Å². The molecule has 0 radical (unpaired) electrons. The fourth-order valence-electron chi connectivity index (χ4n) is 2.43. The minimum absolute atomic E-state index is 0.0650. The highest BCUT2D eigenvalue weighted by Gasteiger charge is 2.41. The number of hydrogen-bond donors (Lipinski definition) is 0. The molecule has 1 saturated heterocycles. The van der Waals surface area contributed by atoms with E-state index >= 15 is 0 Å². The molecule has 1 aliphatic rings. The van der Waals surface area contributed by atoms with Gasteiger partial charge in [-0.15, -0.1) is 0 Å². The van der Waals surface area contributed by atoms with Crippen molar-refractivity contribution < 1.29 is 9.53 Å². The summed E-state index contributed by atoms with van der Waals surface area (Å²) in [7, 11) is 0. The molecule has 0 aliphatic carbocycles. The Morgan fingerprint density at radius 1 is 1.39 bits per heavy atom. The van der Waals surface area contributed by atoms with Crippen molar-refractivity contribution in [1.82, 2.24) is 4.90 Å². The van der Waals surface area contributed by atoms with Crippen molar-refractivity contribution in [2.75, 3.05) is 0 Å².